The molecule has 0 N–H and O–H groups in total. The second-order valence-electron chi connectivity index (χ2n) is 11.5. The van der Waals surface area contributed by atoms with Crippen LogP contribution < -0.4 is 4.74 Å². The van der Waals surface area contributed by atoms with Gasteiger partial charge in [-0.1, -0.05) is 64.1 Å². The summed E-state index contributed by atoms with van der Waals surface area (Å²) in [5.74, 6) is 0.876. The number of hydrogen-bond donors (Lipinski definition) is 0. The molecule has 2 aromatic carbocycles. The molecule has 0 aromatic heterocycles. The van der Waals surface area contributed by atoms with Crippen LogP contribution in [0.4, 0.5) is 8.78 Å². The van der Waals surface area contributed by atoms with Gasteiger partial charge in [0.05, 0.1) is 15.5 Å². The summed E-state index contributed by atoms with van der Waals surface area (Å²) in [7, 11) is -1.13. The van der Waals surface area contributed by atoms with Crippen LogP contribution in [0.3, 0.4) is 0 Å². The lowest BCUT2D eigenvalue weighted by Gasteiger charge is -2.49. The van der Waals surface area contributed by atoms with Gasteiger partial charge in [-0.05, 0) is 100 Å². The molecular weight excluding hydrogens is 514 g/mol. The van der Waals surface area contributed by atoms with E-state index in [9.17, 15) is 17.8 Å². The Balaban J connectivity index is 1.68. The SMILES string of the molecule is C=C(C)C(F)(F)Oc1ccc(CC(CC)CCC2(C(C)=O)CCC(CC)(S(=O)c3ccccc3)C(C)C2)cc1. The first-order valence-electron chi connectivity index (χ1n) is 14.2. The first-order valence-corrected chi connectivity index (χ1v) is 15.3. The smallest absolute Gasteiger partial charge is 0.422 e. The van der Waals surface area contributed by atoms with Gasteiger partial charge in [-0.25, -0.2) is 0 Å². The Bertz CT molecular complexity index is 1150. The number of carbonyl (C=O) groups excluding carboxylic acids is 1. The second kappa shape index (κ2) is 12.9. The van der Waals surface area contributed by atoms with Crippen molar-refractivity contribution in [1.29, 1.82) is 0 Å². The molecule has 5 unspecified atom stereocenters. The Morgan fingerprint density at radius 1 is 1.10 bits per heavy atom. The van der Waals surface area contributed by atoms with Crippen molar-refractivity contribution in [1.82, 2.24) is 0 Å². The summed E-state index contributed by atoms with van der Waals surface area (Å²) in [6.45, 7) is 12.7. The molecule has 0 amide bonds. The van der Waals surface area contributed by atoms with Gasteiger partial charge in [-0.3, -0.25) is 9.00 Å². The van der Waals surface area contributed by atoms with E-state index in [1.165, 1.54) is 6.92 Å². The normalized spacial score (nSPS) is 25.1. The molecule has 214 valence electrons. The van der Waals surface area contributed by atoms with E-state index < -0.39 is 22.3 Å². The van der Waals surface area contributed by atoms with Crippen LogP contribution in [0.2, 0.25) is 0 Å². The maximum atomic E-state index is 13.8. The summed E-state index contributed by atoms with van der Waals surface area (Å²) in [5, 5.41) is 0. The maximum absolute atomic E-state index is 13.8. The highest BCUT2D eigenvalue weighted by Crippen LogP contribution is 2.52. The van der Waals surface area contributed by atoms with Crippen LogP contribution in [0.25, 0.3) is 0 Å². The summed E-state index contributed by atoms with van der Waals surface area (Å²) >= 11 is 0. The Kier molecular flexibility index (Phi) is 10.3. The van der Waals surface area contributed by atoms with Crippen molar-refractivity contribution < 1.29 is 22.5 Å². The van der Waals surface area contributed by atoms with Crippen LogP contribution in [0.1, 0.15) is 85.1 Å². The summed E-state index contributed by atoms with van der Waals surface area (Å²) in [5.41, 5.74) is 0.333. The average Bonchev–Trinajstić information content (AvgIpc) is 2.92. The number of ketones is 1. The molecule has 0 spiro atoms. The van der Waals surface area contributed by atoms with Gasteiger partial charge in [0, 0.05) is 15.9 Å². The number of rotatable bonds is 13. The minimum Gasteiger partial charge on any atom is -0.429 e. The zero-order chi connectivity index (χ0) is 28.8. The third-order valence-electron chi connectivity index (χ3n) is 9.09. The minimum absolute atomic E-state index is 0.110. The van der Waals surface area contributed by atoms with Gasteiger partial charge in [-0.15, -0.1) is 0 Å². The number of carbonyl (C=O) groups is 1. The molecule has 0 aliphatic heterocycles. The Morgan fingerprint density at radius 3 is 2.26 bits per heavy atom. The summed E-state index contributed by atoms with van der Waals surface area (Å²) in [4.78, 5) is 14.0. The first kappa shape index (κ1) is 31.2. The molecular formula is C33H44F2O3S. The first-order chi connectivity index (χ1) is 18.4. The number of Topliss-reactive ketones (excluding diaryl/α,β-unsaturated/α-hetero) is 1. The van der Waals surface area contributed by atoms with E-state index in [1.807, 2.05) is 42.5 Å². The summed E-state index contributed by atoms with van der Waals surface area (Å²) in [6, 6.07) is 16.5. The highest BCUT2D eigenvalue weighted by molar-refractivity contribution is 7.86. The predicted molar refractivity (Wildman–Crippen MR) is 156 cm³/mol. The van der Waals surface area contributed by atoms with Crippen LogP contribution in [-0.4, -0.2) is 20.8 Å². The highest BCUT2D eigenvalue weighted by Gasteiger charge is 2.51. The van der Waals surface area contributed by atoms with Crippen LogP contribution in [0.5, 0.6) is 5.75 Å². The third kappa shape index (κ3) is 7.06. The van der Waals surface area contributed by atoms with Gasteiger partial charge < -0.3 is 4.74 Å². The summed E-state index contributed by atoms with van der Waals surface area (Å²) in [6.07, 6.45) is 3.23. The maximum Gasteiger partial charge on any atom is 0.422 e. The molecule has 6 heteroatoms. The zero-order valence-corrected chi connectivity index (χ0v) is 24.9. The molecule has 39 heavy (non-hydrogen) atoms. The topological polar surface area (TPSA) is 43.4 Å². The minimum atomic E-state index is -3.39. The lowest BCUT2D eigenvalue weighted by molar-refractivity contribution is -0.141. The average molecular weight is 559 g/mol. The van der Waals surface area contributed by atoms with E-state index in [0.717, 1.165) is 61.8 Å². The Labute approximate surface area is 235 Å². The van der Waals surface area contributed by atoms with Gasteiger partial charge in [-0.2, -0.15) is 8.78 Å². The quantitative estimate of drug-likeness (QED) is 0.231. The largest absolute Gasteiger partial charge is 0.429 e. The van der Waals surface area contributed by atoms with Crippen LogP contribution >= 0.6 is 0 Å². The molecule has 2 aromatic rings. The molecule has 1 aliphatic carbocycles. The van der Waals surface area contributed by atoms with Gasteiger partial charge in [0.15, 0.2) is 0 Å². The second-order valence-corrected chi connectivity index (χ2v) is 13.3. The molecule has 0 radical (unpaired) electrons. The van der Waals surface area contributed by atoms with Crippen molar-refractivity contribution in [3.8, 4) is 5.75 Å². The van der Waals surface area contributed by atoms with E-state index in [-0.39, 0.29) is 27.8 Å². The van der Waals surface area contributed by atoms with Crippen molar-refractivity contribution in [2.24, 2.45) is 17.3 Å². The molecule has 0 saturated heterocycles. The lowest BCUT2D eigenvalue weighted by atomic mass is 9.60. The van der Waals surface area contributed by atoms with Crippen LogP contribution in [0.15, 0.2) is 71.6 Å². The number of ether oxygens (including phenoxy) is 1. The molecule has 0 bridgehead atoms. The standard InChI is InChI=1S/C33H44F2O3S/c1-7-27(22-28-14-16-29(17-15-28)38-33(34,35)24(3)4)18-19-31(26(6)36)20-21-32(8-2,25(5)23-31)39(37)30-12-10-9-11-13-30/h9-17,25,27H,3,7-8,18-23H2,1-2,4-6H3. The fourth-order valence-corrected chi connectivity index (χ4v) is 8.07. The molecule has 0 heterocycles. The number of halogens is 2. The van der Waals surface area contributed by atoms with Crippen LogP contribution in [0, 0.1) is 17.3 Å². The highest BCUT2D eigenvalue weighted by atomic mass is 32.2. The summed E-state index contributed by atoms with van der Waals surface area (Å²) < 4.78 is 45.9. The van der Waals surface area contributed by atoms with Crippen molar-refractivity contribution in [3.05, 3.63) is 72.3 Å². The predicted octanol–water partition coefficient (Wildman–Crippen LogP) is 8.94. The van der Waals surface area contributed by atoms with E-state index in [0.29, 0.717) is 5.92 Å². The Morgan fingerprint density at radius 2 is 1.74 bits per heavy atom. The van der Waals surface area contributed by atoms with Gasteiger partial charge in [0.2, 0.25) is 0 Å². The lowest BCUT2D eigenvalue weighted by Crippen LogP contribution is -2.50. The van der Waals surface area contributed by atoms with Crippen molar-refractivity contribution in [3.63, 3.8) is 0 Å². The van der Waals surface area contributed by atoms with E-state index in [4.69, 9.17) is 4.74 Å². The number of benzene rings is 2. The van der Waals surface area contributed by atoms with Gasteiger partial charge in [0.25, 0.3) is 0 Å². The fourth-order valence-electron chi connectivity index (χ4n) is 6.20. The molecule has 1 fully saturated rings. The van der Waals surface area contributed by atoms with Crippen molar-refractivity contribution in [2.45, 2.75) is 102 Å². The van der Waals surface area contributed by atoms with Crippen molar-refractivity contribution >= 4 is 16.6 Å². The molecule has 3 nitrogen and oxygen atoms in total. The van der Waals surface area contributed by atoms with E-state index >= 15 is 0 Å². The number of alkyl halides is 2. The Hall–Kier alpha value is -2.34. The zero-order valence-electron chi connectivity index (χ0n) is 24.1. The third-order valence-corrected chi connectivity index (χ3v) is 11.4. The van der Waals surface area contributed by atoms with E-state index in [1.54, 1.807) is 19.1 Å². The van der Waals surface area contributed by atoms with Gasteiger partial charge in [0.1, 0.15) is 11.5 Å². The molecule has 3 rings (SSSR count). The monoisotopic (exact) mass is 558 g/mol. The molecule has 5 atom stereocenters. The fraction of sp³-hybridized carbons (Fsp3) is 0.545. The van der Waals surface area contributed by atoms with Crippen LogP contribution in [-0.2, 0) is 22.0 Å². The van der Waals surface area contributed by atoms with Crippen molar-refractivity contribution in [2.75, 3.05) is 0 Å². The number of hydrogen-bond acceptors (Lipinski definition) is 3. The van der Waals surface area contributed by atoms with E-state index in [2.05, 4.69) is 27.4 Å². The van der Waals surface area contributed by atoms with Gasteiger partial charge >= 0.3 is 6.11 Å². The molecule has 1 saturated carbocycles. The molecule has 1 aliphatic rings.